The molecule has 0 aliphatic heterocycles. The summed E-state index contributed by atoms with van der Waals surface area (Å²) in [6, 6.07) is 0. The SMILES string of the molecule is CC/C=C\C/C=C\C/C=C\C/C=C\C/C=C\CCCCCCCCCCCCCCCCCCCCCCCC(=O)OC(CO)COC(=O)CCCCCCCCCCCCCCC/C=C\C/C=C\C/C=C\C/C=C\C/C=C\CC. The fourth-order valence-corrected chi connectivity index (χ4v) is 9.73. The van der Waals surface area contributed by atoms with Crippen molar-refractivity contribution in [2.24, 2.45) is 0 Å². The Labute approximate surface area is 496 Å². The van der Waals surface area contributed by atoms with Crippen molar-refractivity contribution >= 4 is 11.9 Å². The van der Waals surface area contributed by atoms with E-state index in [1.165, 1.54) is 193 Å². The van der Waals surface area contributed by atoms with Gasteiger partial charge < -0.3 is 14.6 Å². The third-order valence-electron chi connectivity index (χ3n) is 14.8. The number of hydrogen-bond acceptors (Lipinski definition) is 5. The Bertz CT molecular complexity index is 1590. The van der Waals surface area contributed by atoms with Crippen molar-refractivity contribution in [3.8, 4) is 0 Å². The normalized spacial score (nSPS) is 13.0. The van der Waals surface area contributed by atoms with Crippen LogP contribution in [0, 0.1) is 0 Å². The second kappa shape index (κ2) is 69.6. The largest absolute Gasteiger partial charge is 0.462 e. The molecule has 1 atom stereocenters. The van der Waals surface area contributed by atoms with Crippen molar-refractivity contribution in [1.82, 2.24) is 0 Å². The van der Waals surface area contributed by atoms with Crippen molar-refractivity contribution < 1.29 is 24.2 Å². The van der Waals surface area contributed by atoms with Gasteiger partial charge in [-0.25, -0.2) is 0 Å². The van der Waals surface area contributed by atoms with Gasteiger partial charge in [-0.3, -0.25) is 9.59 Å². The van der Waals surface area contributed by atoms with Crippen LogP contribution in [0.15, 0.2) is 122 Å². The minimum Gasteiger partial charge on any atom is -0.462 e. The highest BCUT2D eigenvalue weighted by atomic mass is 16.6. The van der Waals surface area contributed by atoms with Gasteiger partial charge in [-0.05, 0) is 103 Å². The van der Waals surface area contributed by atoms with Crippen LogP contribution in [0.1, 0.15) is 322 Å². The Balaban J connectivity index is 3.45. The van der Waals surface area contributed by atoms with Crippen LogP contribution in [-0.2, 0) is 19.1 Å². The summed E-state index contributed by atoms with van der Waals surface area (Å²) >= 11 is 0. The first-order valence-electron chi connectivity index (χ1n) is 34.1. The van der Waals surface area contributed by atoms with Crippen LogP contribution in [-0.4, -0.2) is 36.4 Å². The molecule has 0 aromatic heterocycles. The lowest BCUT2D eigenvalue weighted by atomic mass is 10.0. The maximum Gasteiger partial charge on any atom is 0.306 e. The Morgan fingerprint density at radius 3 is 0.750 bits per heavy atom. The van der Waals surface area contributed by atoms with Gasteiger partial charge in [-0.2, -0.15) is 0 Å². The van der Waals surface area contributed by atoms with E-state index < -0.39 is 6.10 Å². The summed E-state index contributed by atoms with van der Waals surface area (Å²) in [6.07, 6.45) is 102. The maximum atomic E-state index is 12.4. The summed E-state index contributed by atoms with van der Waals surface area (Å²) in [5.41, 5.74) is 0. The van der Waals surface area contributed by atoms with Gasteiger partial charge in [-0.15, -0.1) is 0 Å². The van der Waals surface area contributed by atoms with E-state index in [1.54, 1.807) is 0 Å². The fourth-order valence-electron chi connectivity index (χ4n) is 9.73. The second-order valence-electron chi connectivity index (χ2n) is 22.5. The Morgan fingerprint density at radius 1 is 0.287 bits per heavy atom. The molecule has 0 saturated carbocycles. The molecule has 1 N–H and O–H groups in total. The molecule has 0 rings (SSSR count). The van der Waals surface area contributed by atoms with Crippen LogP contribution in [0.3, 0.4) is 0 Å². The molecule has 0 aliphatic rings. The predicted molar refractivity (Wildman–Crippen MR) is 352 cm³/mol. The van der Waals surface area contributed by atoms with Crippen molar-refractivity contribution in [2.75, 3.05) is 13.2 Å². The number of esters is 2. The van der Waals surface area contributed by atoms with E-state index in [0.717, 1.165) is 103 Å². The molecule has 458 valence electrons. The lowest BCUT2D eigenvalue weighted by molar-refractivity contribution is -0.161. The topological polar surface area (TPSA) is 72.8 Å². The number of ether oxygens (including phenoxy) is 2. The molecule has 0 bridgehead atoms. The monoisotopic (exact) mass is 1110 g/mol. The zero-order valence-electron chi connectivity index (χ0n) is 52.6. The quantitative estimate of drug-likeness (QED) is 0.0373. The third kappa shape index (κ3) is 66.8. The van der Waals surface area contributed by atoms with Gasteiger partial charge in [0.2, 0.25) is 0 Å². The van der Waals surface area contributed by atoms with Crippen LogP contribution in [0.25, 0.3) is 0 Å². The number of allylic oxidation sites excluding steroid dienone is 20. The highest BCUT2D eigenvalue weighted by Crippen LogP contribution is 2.18. The van der Waals surface area contributed by atoms with Gasteiger partial charge >= 0.3 is 11.9 Å². The number of carbonyl (C=O) groups excluding carboxylic acids is 2. The van der Waals surface area contributed by atoms with Gasteiger partial charge in [0.15, 0.2) is 6.10 Å². The van der Waals surface area contributed by atoms with Crippen LogP contribution in [0.5, 0.6) is 0 Å². The minimum atomic E-state index is -0.778. The van der Waals surface area contributed by atoms with Crippen LogP contribution >= 0.6 is 0 Å². The molecule has 5 heteroatoms. The Hall–Kier alpha value is -3.70. The van der Waals surface area contributed by atoms with Gasteiger partial charge in [0.25, 0.3) is 0 Å². The molecule has 0 amide bonds. The van der Waals surface area contributed by atoms with Gasteiger partial charge in [0.05, 0.1) is 6.61 Å². The summed E-state index contributed by atoms with van der Waals surface area (Å²) in [7, 11) is 0. The first-order chi connectivity index (χ1) is 39.6. The number of aliphatic hydroxyl groups is 1. The van der Waals surface area contributed by atoms with Crippen LogP contribution in [0.2, 0.25) is 0 Å². The standard InChI is InChI=1S/C75H128O5/c1-3-5-7-9-11-13-15-17-19-21-23-25-27-29-31-33-34-35-36-37-38-39-40-42-44-46-48-50-52-54-56-58-60-62-64-66-68-70-75(78)80-73(71-76)72-79-74(77)69-67-65-63-61-59-57-55-53-51-49-47-45-43-41-32-30-28-26-24-22-20-18-16-14-12-10-8-6-4-2/h5-8,11-14,17-20,23-26,29-32,73,76H,3-4,9-10,15-16,21-22,27-28,33-72H2,1-2H3/b7-5-,8-6-,13-11-,14-12-,19-17-,20-18-,25-23-,26-24-,31-29-,32-30-. The molecule has 0 radical (unpaired) electrons. The van der Waals surface area contributed by atoms with E-state index in [-0.39, 0.29) is 25.2 Å². The summed E-state index contributed by atoms with van der Waals surface area (Å²) < 4.78 is 10.8. The molecule has 0 spiro atoms. The molecular formula is C75H128O5. The van der Waals surface area contributed by atoms with Crippen molar-refractivity contribution in [3.05, 3.63) is 122 Å². The molecular weight excluding hydrogens is 981 g/mol. The Kier molecular flexibility index (Phi) is 66.4. The highest BCUT2D eigenvalue weighted by Gasteiger charge is 2.16. The van der Waals surface area contributed by atoms with Gasteiger partial charge in [0, 0.05) is 12.8 Å². The smallest absolute Gasteiger partial charge is 0.306 e. The number of hydrogen-bond donors (Lipinski definition) is 1. The number of carbonyl (C=O) groups is 2. The van der Waals surface area contributed by atoms with Crippen molar-refractivity contribution in [2.45, 2.75) is 328 Å². The number of unbranched alkanes of at least 4 members (excludes halogenated alkanes) is 34. The molecule has 0 saturated heterocycles. The second-order valence-corrected chi connectivity index (χ2v) is 22.5. The zero-order chi connectivity index (χ0) is 57.6. The molecule has 80 heavy (non-hydrogen) atoms. The number of rotatable bonds is 62. The molecule has 0 heterocycles. The summed E-state index contributed by atoms with van der Waals surface area (Å²) in [4.78, 5) is 24.6. The first kappa shape index (κ1) is 76.3. The summed E-state index contributed by atoms with van der Waals surface area (Å²) in [5, 5.41) is 9.70. The van der Waals surface area contributed by atoms with E-state index in [0.29, 0.717) is 12.8 Å². The van der Waals surface area contributed by atoms with E-state index >= 15 is 0 Å². The predicted octanol–water partition coefficient (Wildman–Crippen LogP) is 23.8. The van der Waals surface area contributed by atoms with Gasteiger partial charge in [-0.1, -0.05) is 328 Å². The number of aliphatic hydroxyl groups excluding tert-OH is 1. The van der Waals surface area contributed by atoms with Gasteiger partial charge in [0.1, 0.15) is 6.61 Å². The molecule has 5 nitrogen and oxygen atoms in total. The molecule has 0 aromatic rings. The lowest BCUT2D eigenvalue weighted by Crippen LogP contribution is -2.28. The van der Waals surface area contributed by atoms with Crippen LogP contribution < -0.4 is 0 Å². The third-order valence-corrected chi connectivity index (χ3v) is 14.8. The van der Waals surface area contributed by atoms with Crippen molar-refractivity contribution in [1.29, 1.82) is 0 Å². The highest BCUT2D eigenvalue weighted by molar-refractivity contribution is 5.70. The molecule has 0 fully saturated rings. The lowest BCUT2D eigenvalue weighted by Gasteiger charge is -2.15. The molecule has 0 aromatic carbocycles. The average molecular weight is 1110 g/mol. The maximum absolute atomic E-state index is 12.4. The average Bonchev–Trinajstić information content (AvgIpc) is 3.46. The van der Waals surface area contributed by atoms with E-state index in [4.69, 9.17) is 9.47 Å². The zero-order valence-corrected chi connectivity index (χ0v) is 52.6. The summed E-state index contributed by atoms with van der Waals surface area (Å²) in [5.74, 6) is -0.583. The summed E-state index contributed by atoms with van der Waals surface area (Å²) in [6.45, 7) is 3.94. The van der Waals surface area contributed by atoms with E-state index in [9.17, 15) is 14.7 Å². The van der Waals surface area contributed by atoms with E-state index in [2.05, 4.69) is 135 Å². The Morgan fingerprint density at radius 2 is 0.500 bits per heavy atom. The van der Waals surface area contributed by atoms with Crippen molar-refractivity contribution in [3.63, 3.8) is 0 Å². The molecule has 0 aliphatic carbocycles. The van der Waals surface area contributed by atoms with Crippen LogP contribution in [0.4, 0.5) is 0 Å². The first-order valence-corrected chi connectivity index (χ1v) is 34.1. The van der Waals surface area contributed by atoms with E-state index in [1.807, 2.05) is 0 Å². The minimum absolute atomic E-state index is 0.0680. The molecule has 1 unspecified atom stereocenters. The fraction of sp³-hybridized carbons (Fsp3) is 0.707.